The molecule has 1 aromatic carbocycles. The van der Waals surface area contributed by atoms with Gasteiger partial charge in [0, 0.05) is 12.5 Å². The molecule has 0 amide bonds. The van der Waals surface area contributed by atoms with Gasteiger partial charge in [0.2, 0.25) is 0 Å². The molecule has 0 radical (unpaired) electrons. The van der Waals surface area contributed by atoms with Gasteiger partial charge in [0.15, 0.2) is 0 Å². The number of benzene rings is 1. The van der Waals surface area contributed by atoms with E-state index in [1.807, 2.05) is 24.3 Å². The Kier molecular flexibility index (Phi) is 4.49. The minimum Gasteiger partial charge on any atom is -0.491 e. The van der Waals surface area contributed by atoms with Crippen LogP contribution in [-0.2, 0) is 10.6 Å². The number of alkyl halides is 1. The maximum absolute atomic E-state index is 5.72. The molecular weight excluding hydrogens is 224 g/mol. The number of rotatable bonds is 4. The van der Waals surface area contributed by atoms with E-state index in [2.05, 4.69) is 0 Å². The highest BCUT2D eigenvalue weighted by atomic mass is 35.5. The molecule has 1 unspecified atom stereocenters. The molecule has 88 valence electrons. The minimum absolute atomic E-state index is 0.265. The molecule has 1 aromatic rings. The van der Waals surface area contributed by atoms with Crippen LogP contribution < -0.4 is 4.74 Å². The van der Waals surface area contributed by atoms with E-state index in [-0.39, 0.29) is 6.10 Å². The van der Waals surface area contributed by atoms with Crippen LogP contribution >= 0.6 is 11.6 Å². The zero-order chi connectivity index (χ0) is 11.2. The summed E-state index contributed by atoms with van der Waals surface area (Å²) in [5, 5.41) is 0. The molecular formula is C13H17ClO2. The first kappa shape index (κ1) is 11.7. The Hall–Kier alpha value is -0.730. The van der Waals surface area contributed by atoms with E-state index in [9.17, 15) is 0 Å². The molecule has 0 N–H and O–H groups in total. The number of hydrogen-bond donors (Lipinski definition) is 0. The summed E-state index contributed by atoms with van der Waals surface area (Å²) in [5.41, 5.74) is 1.11. The van der Waals surface area contributed by atoms with Gasteiger partial charge in [-0.3, -0.25) is 0 Å². The Balaban J connectivity index is 1.79. The average molecular weight is 241 g/mol. The molecule has 0 aliphatic carbocycles. The summed E-state index contributed by atoms with van der Waals surface area (Å²) in [5.74, 6) is 1.44. The highest BCUT2D eigenvalue weighted by molar-refractivity contribution is 6.17. The first-order valence-electron chi connectivity index (χ1n) is 5.78. The van der Waals surface area contributed by atoms with Gasteiger partial charge in [-0.15, -0.1) is 11.6 Å². The van der Waals surface area contributed by atoms with E-state index in [1.165, 1.54) is 12.8 Å². The molecule has 1 atom stereocenters. The van der Waals surface area contributed by atoms with Gasteiger partial charge in [-0.25, -0.2) is 0 Å². The van der Waals surface area contributed by atoms with Gasteiger partial charge in [-0.2, -0.15) is 0 Å². The first-order chi connectivity index (χ1) is 7.88. The van der Waals surface area contributed by atoms with Gasteiger partial charge < -0.3 is 9.47 Å². The largest absolute Gasteiger partial charge is 0.491 e. The van der Waals surface area contributed by atoms with Crippen LogP contribution in [0.2, 0.25) is 0 Å². The number of halogens is 1. The third-order valence-electron chi connectivity index (χ3n) is 2.79. The van der Waals surface area contributed by atoms with Gasteiger partial charge in [-0.1, -0.05) is 12.1 Å². The fraction of sp³-hybridized carbons (Fsp3) is 0.538. The van der Waals surface area contributed by atoms with Crippen LogP contribution in [-0.4, -0.2) is 19.3 Å². The summed E-state index contributed by atoms with van der Waals surface area (Å²) in [6, 6.07) is 7.90. The fourth-order valence-corrected chi connectivity index (χ4v) is 1.98. The van der Waals surface area contributed by atoms with Crippen molar-refractivity contribution in [3.8, 4) is 5.75 Å². The quantitative estimate of drug-likeness (QED) is 0.752. The smallest absolute Gasteiger partial charge is 0.119 e. The molecule has 2 nitrogen and oxygen atoms in total. The normalized spacial score (nSPS) is 20.7. The zero-order valence-corrected chi connectivity index (χ0v) is 10.1. The molecule has 2 rings (SSSR count). The minimum atomic E-state index is 0.265. The Bertz CT molecular complexity index is 304. The standard InChI is InChI=1S/C13H17ClO2/c14-9-11-4-6-12(7-5-11)16-10-13-3-1-2-8-15-13/h4-7,13H,1-3,8-10H2. The second-order valence-corrected chi connectivity index (χ2v) is 4.34. The lowest BCUT2D eigenvalue weighted by Gasteiger charge is -2.22. The topological polar surface area (TPSA) is 18.5 Å². The van der Waals surface area contributed by atoms with Crippen molar-refractivity contribution < 1.29 is 9.47 Å². The number of hydrogen-bond acceptors (Lipinski definition) is 2. The maximum atomic E-state index is 5.72. The molecule has 1 aliphatic rings. The van der Waals surface area contributed by atoms with Crippen LogP contribution in [0.1, 0.15) is 24.8 Å². The second kappa shape index (κ2) is 6.12. The molecule has 1 heterocycles. The number of ether oxygens (including phenoxy) is 2. The van der Waals surface area contributed by atoms with Crippen molar-refractivity contribution >= 4 is 11.6 Å². The van der Waals surface area contributed by atoms with Crippen molar-refractivity contribution in [3.05, 3.63) is 29.8 Å². The Morgan fingerprint density at radius 1 is 1.25 bits per heavy atom. The highest BCUT2D eigenvalue weighted by Crippen LogP contribution is 2.17. The third kappa shape index (κ3) is 3.39. The third-order valence-corrected chi connectivity index (χ3v) is 3.10. The molecule has 1 fully saturated rings. The Labute approximate surface area is 102 Å². The highest BCUT2D eigenvalue weighted by Gasteiger charge is 2.14. The van der Waals surface area contributed by atoms with Crippen molar-refractivity contribution in [2.24, 2.45) is 0 Å². The Morgan fingerprint density at radius 3 is 2.69 bits per heavy atom. The van der Waals surface area contributed by atoms with E-state index in [1.54, 1.807) is 0 Å². The van der Waals surface area contributed by atoms with E-state index >= 15 is 0 Å². The van der Waals surface area contributed by atoms with Crippen molar-refractivity contribution in [3.63, 3.8) is 0 Å². The molecule has 1 aliphatic heterocycles. The maximum Gasteiger partial charge on any atom is 0.119 e. The van der Waals surface area contributed by atoms with Crippen molar-refractivity contribution in [1.29, 1.82) is 0 Å². The van der Waals surface area contributed by atoms with Gasteiger partial charge >= 0.3 is 0 Å². The SMILES string of the molecule is ClCc1ccc(OCC2CCCCO2)cc1. The molecule has 1 saturated heterocycles. The summed E-state index contributed by atoms with van der Waals surface area (Å²) in [6.07, 6.45) is 3.81. The lowest BCUT2D eigenvalue weighted by molar-refractivity contribution is -0.0110. The lowest BCUT2D eigenvalue weighted by Crippen LogP contribution is -2.25. The van der Waals surface area contributed by atoms with Crippen molar-refractivity contribution in [2.75, 3.05) is 13.2 Å². The van der Waals surface area contributed by atoms with E-state index in [4.69, 9.17) is 21.1 Å². The van der Waals surface area contributed by atoms with Crippen LogP contribution in [0.15, 0.2) is 24.3 Å². The monoisotopic (exact) mass is 240 g/mol. The predicted molar refractivity (Wildman–Crippen MR) is 65.1 cm³/mol. The fourth-order valence-electron chi connectivity index (χ4n) is 1.80. The van der Waals surface area contributed by atoms with Crippen LogP contribution in [0.25, 0.3) is 0 Å². The van der Waals surface area contributed by atoms with Gasteiger partial charge in [-0.05, 0) is 37.0 Å². The van der Waals surface area contributed by atoms with Crippen LogP contribution in [0.3, 0.4) is 0 Å². The Morgan fingerprint density at radius 2 is 2.06 bits per heavy atom. The molecule has 0 aromatic heterocycles. The van der Waals surface area contributed by atoms with Crippen LogP contribution in [0.5, 0.6) is 5.75 Å². The summed E-state index contributed by atoms with van der Waals surface area (Å²) in [4.78, 5) is 0. The molecule has 16 heavy (non-hydrogen) atoms. The molecule has 3 heteroatoms. The van der Waals surface area contributed by atoms with E-state index in [0.29, 0.717) is 12.5 Å². The summed E-state index contributed by atoms with van der Waals surface area (Å²) in [7, 11) is 0. The molecule has 0 bridgehead atoms. The first-order valence-corrected chi connectivity index (χ1v) is 6.31. The zero-order valence-electron chi connectivity index (χ0n) is 9.32. The van der Waals surface area contributed by atoms with Crippen molar-refractivity contribution in [2.45, 2.75) is 31.2 Å². The lowest BCUT2D eigenvalue weighted by atomic mass is 10.1. The summed E-state index contributed by atoms with van der Waals surface area (Å²) >= 11 is 5.72. The predicted octanol–water partition coefficient (Wildman–Crippen LogP) is 3.37. The average Bonchev–Trinajstić information content (AvgIpc) is 2.38. The summed E-state index contributed by atoms with van der Waals surface area (Å²) < 4.78 is 11.3. The van der Waals surface area contributed by atoms with Crippen molar-refractivity contribution in [1.82, 2.24) is 0 Å². The van der Waals surface area contributed by atoms with Gasteiger partial charge in [0.05, 0.1) is 6.10 Å². The van der Waals surface area contributed by atoms with E-state index < -0.39 is 0 Å². The molecule has 0 spiro atoms. The van der Waals surface area contributed by atoms with Crippen LogP contribution in [0.4, 0.5) is 0 Å². The van der Waals surface area contributed by atoms with Gasteiger partial charge in [0.1, 0.15) is 12.4 Å². The molecule has 0 saturated carbocycles. The van der Waals surface area contributed by atoms with Gasteiger partial charge in [0.25, 0.3) is 0 Å². The van der Waals surface area contributed by atoms with Crippen LogP contribution in [0, 0.1) is 0 Å². The van der Waals surface area contributed by atoms with E-state index in [0.717, 1.165) is 24.3 Å². The summed E-state index contributed by atoms with van der Waals surface area (Å²) in [6.45, 7) is 1.53. The second-order valence-electron chi connectivity index (χ2n) is 4.08.